The fourth-order valence-corrected chi connectivity index (χ4v) is 10.1. The van der Waals surface area contributed by atoms with Crippen LogP contribution >= 0.6 is 0 Å². The van der Waals surface area contributed by atoms with E-state index in [1.807, 2.05) is 94.0 Å². The largest absolute Gasteiger partial charge is 0.344 e. The molecule has 0 aromatic heterocycles. The zero-order valence-corrected chi connectivity index (χ0v) is 45.6. The first kappa shape index (κ1) is 59.8. The molecule has 0 radical (unpaired) electrons. The van der Waals surface area contributed by atoms with Crippen LogP contribution in [0.4, 0.5) is 8.78 Å². The van der Waals surface area contributed by atoms with Crippen molar-refractivity contribution in [3.8, 4) is 0 Å². The fourth-order valence-electron chi connectivity index (χ4n) is 10.1. The molecule has 402 valence electrons. The molecule has 0 aliphatic carbocycles. The number of hydrogen-bond acceptors (Lipinski definition) is 7. The van der Waals surface area contributed by atoms with Crippen molar-refractivity contribution in [2.75, 3.05) is 46.3 Å². The summed E-state index contributed by atoms with van der Waals surface area (Å²) in [7, 11) is 1.74. The molecule has 2 N–H and O–H groups in total. The van der Waals surface area contributed by atoms with Gasteiger partial charge in [-0.25, -0.2) is 8.78 Å². The van der Waals surface area contributed by atoms with Crippen molar-refractivity contribution in [3.05, 3.63) is 71.3 Å². The second-order valence-corrected chi connectivity index (χ2v) is 22.9. The van der Waals surface area contributed by atoms with Crippen LogP contribution in [-0.4, -0.2) is 125 Å². The van der Waals surface area contributed by atoms with Gasteiger partial charge in [0, 0.05) is 82.5 Å². The number of unbranched alkanes of at least 4 members (excludes halogenated alkanes) is 5. The van der Waals surface area contributed by atoms with Crippen LogP contribution in [0.3, 0.4) is 0 Å². The maximum atomic E-state index is 14.3. The number of carbonyl (C=O) groups is 6. The summed E-state index contributed by atoms with van der Waals surface area (Å²) >= 11 is 0. The highest BCUT2D eigenvalue weighted by atomic mass is 19.1. The molecular formula is C58H90F2N6O6. The van der Waals surface area contributed by atoms with Gasteiger partial charge in [-0.1, -0.05) is 105 Å². The van der Waals surface area contributed by atoms with Crippen molar-refractivity contribution in [2.24, 2.45) is 22.7 Å². The lowest BCUT2D eigenvalue weighted by Crippen LogP contribution is -2.57. The molecule has 2 aromatic carbocycles. The van der Waals surface area contributed by atoms with Crippen LogP contribution in [0.5, 0.6) is 0 Å². The van der Waals surface area contributed by atoms with Crippen molar-refractivity contribution in [1.29, 1.82) is 0 Å². The summed E-state index contributed by atoms with van der Waals surface area (Å²) in [5.41, 5.74) is 0.641. The third kappa shape index (κ3) is 18.6. The van der Waals surface area contributed by atoms with Crippen molar-refractivity contribution < 1.29 is 37.5 Å². The van der Waals surface area contributed by atoms with E-state index in [0.29, 0.717) is 84.2 Å². The highest BCUT2D eigenvalue weighted by Gasteiger charge is 2.42. The van der Waals surface area contributed by atoms with Gasteiger partial charge in [0.1, 0.15) is 23.5 Å². The first-order valence-electron chi connectivity index (χ1n) is 27.2. The van der Waals surface area contributed by atoms with Gasteiger partial charge in [-0.15, -0.1) is 0 Å². The number of likely N-dealkylation sites (tertiary alicyclic amines) is 2. The molecule has 12 nitrogen and oxygen atoms in total. The standard InChI is InChI=1S/C58H90F2N6O6/c1-11-41(2)54(70)62-53(58(7,8)9)56(72)66-33-21-27-48(66)40-64(35-31-44-23-19-25-46(60)37-44)52(69)29-17-15-13-12-14-16-28-51(68)63(34-30-43-22-18-24-45(59)36-43)39-47-26-20-32-65(47)55(71)49(57(4,5)6)38-50(67)42(3)61-10/h18-19,22-25,36-37,41-42,47-49,53,61H,11-17,20-21,26-35,38-40H2,1-10H3,(H,62,70)/t41-,42+,47+,48+,49-,53-/m1/s1. The SMILES string of the molecule is CC[C@@H](C)C(=O)N[C@H](C(=O)N1CCC[C@H]1CN(CCc1cccc(F)c1)C(=O)CCCCCCCCC(=O)N(CCc1cccc(F)c1)C[C@@H]1CCCN1C(=O)[C@@H](CC(=O)[C@H](C)NC)C(C)(C)C)C(C)(C)C. The predicted molar refractivity (Wildman–Crippen MR) is 282 cm³/mol. The van der Waals surface area contributed by atoms with E-state index in [9.17, 15) is 37.5 Å². The van der Waals surface area contributed by atoms with E-state index in [1.54, 1.807) is 19.2 Å². The molecule has 2 aromatic rings. The molecule has 2 fully saturated rings. The average molecular weight is 1010 g/mol. The van der Waals surface area contributed by atoms with Crippen molar-refractivity contribution >= 4 is 35.3 Å². The molecule has 14 heteroatoms. The molecule has 0 bridgehead atoms. The van der Waals surface area contributed by atoms with Gasteiger partial charge >= 0.3 is 0 Å². The number of benzene rings is 2. The third-order valence-electron chi connectivity index (χ3n) is 15.2. The van der Waals surface area contributed by atoms with Crippen LogP contribution < -0.4 is 10.6 Å². The minimum atomic E-state index is -0.705. The number of Topliss-reactive ketones (excluding diaryl/α,β-unsaturated/α-hetero) is 1. The number of halogens is 2. The molecule has 2 saturated heterocycles. The van der Waals surface area contributed by atoms with Gasteiger partial charge in [0.25, 0.3) is 0 Å². The van der Waals surface area contributed by atoms with Gasteiger partial charge in [0.2, 0.25) is 29.5 Å². The summed E-state index contributed by atoms with van der Waals surface area (Å²) in [4.78, 5) is 90.0. The van der Waals surface area contributed by atoms with Crippen LogP contribution in [0.2, 0.25) is 0 Å². The second kappa shape index (κ2) is 28.7. The van der Waals surface area contributed by atoms with Crippen LogP contribution in [0.25, 0.3) is 0 Å². The first-order chi connectivity index (χ1) is 34.0. The maximum Gasteiger partial charge on any atom is 0.246 e. The molecule has 0 unspecified atom stereocenters. The minimum absolute atomic E-state index is 0.000381. The summed E-state index contributed by atoms with van der Waals surface area (Å²) < 4.78 is 28.3. The summed E-state index contributed by atoms with van der Waals surface area (Å²) in [6.07, 6.45) is 10.5. The van der Waals surface area contributed by atoms with E-state index in [0.717, 1.165) is 62.5 Å². The number of nitrogens with zero attached hydrogens (tertiary/aromatic N) is 4. The van der Waals surface area contributed by atoms with E-state index < -0.39 is 22.8 Å². The Bertz CT molecular complexity index is 1940. The molecule has 2 aliphatic rings. The normalized spacial score (nSPS) is 17.8. The Labute approximate surface area is 431 Å². The highest BCUT2D eigenvalue weighted by molar-refractivity contribution is 5.91. The number of carbonyl (C=O) groups excluding carboxylic acids is 6. The van der Waals surface area contributed by atoms with Crippen LogP contribution in [0.1, 0.15) is 163 Å². The van der Waals surface area contributed by atoms with E-state index >= 15 is 0 Å². The number of rotatable bonds is 28. The second-order valence-electron chi connectivity index (χ2n) is 22.9. The summed E-state index contributed by atoms with van der Waals surface area (Å²) in [6.45, 7) is 20.2. The van der Waals surface area contributed by atoms with E-state index in [-0.39, 0.29) is 77.4 Å². The lowest BCUT2D eigenvalue weighted by molar-refractivity contribution is -0.144. The number of likely N-dealkylation sites (N-methyl/N-ethyl adjacent to an activating group) is 1. The molecule has 5 amide bonds. The van der Waals surface area contributed by atoms with Gasteiger partial charge in [0.05, 0.1) is 6.04 Å². The van der Waals surface area contributed by atoms with Gasteiger partial charge in [-0.3, -0.25) is 28.8 Å². The Kier molecular flexibility index (Phi) is 23.8. The van der Waals surface area contributed by atoms with Gasteiger partial charge in [-0.05, 0) is 118 Å². The summed E-state index contributed by atoms with van der Waals surface area (Å²) in [5.74, 6) is -1.67. The summed E-state index contributed by atoms with van der Waals surface area (Å²) in [5, 5.41) is 6.05. The van der Waals surface area contributed by atoms with Gasteiger partial charge in [0.15, 0.2) is 0 Å². The first-order valence-corrected chi connectivity index (χ1v) is 27.2. The Morgan fingerprint density at radius 2 is 1.14 bits per heavy atom. The molecule has 0 spiro atoms. The Hall–Kier alpha value is -4.72. The number of nitrogens with one attached hydrogen (secondary N) is 2. The van der Waals surface area contributed by atoms with Gasteiger partial charge < -0.3 is 30.2 Å². The Morgan fingerprint density at radius 1 is 0.681 bits per heavy atom. The topological polar surface area (TPSA) is 139 Å². The molecule has 2 aliphatic heterocycles. The van der Waals surface area contributed by atoms with Crippen molar-refractivity contribution in [2.45, 2.75) is 189 Å². The predicted octanol–water partition coefficient (Wildman–Crippen LogP) is 9.32. The highest BCUT2D eigenvalue weighted by Crippen LogP contribution is 2.34. The lowest BCUT2D eigenvalue weighted by Gasteiger charge is -2.37. The minimum Gasteiger partial charge on any atom is -0.344 e. The van der Waals surface area contributed by atoms with E-state index in [4.69, 9.17) is 0 Å². The molecule has 72 heavy (non-hydrogen) atoms. The number of hydrogen-bond donors (Lipinski definition) is 2. The van der Waals surface area contributed by atoms with E-state index in [1.165, 1.54) is 24.3 Å². The summed E-state index contributed by atoms with van der Waals surface area (Å²) in [6, 6.07) is 11.4. The smallest absolute Gasteiger partial charge is 0.246 e. The zero-order chi connectivity index (χ0) is 53.2. The van der Waals surface area contributed by atoms with Crippen LogP contribution in [0.15, 0.2) is 48.5 Å². The average Bonchev–Trinajstić information content (AvgIpc) is 4.01. The molecule has 6 atom stereocenters. The lowest BCUT2D eigenvalue weighted by atomic mass is 9.76. The van der Waals surface area contributed by atoms with Crippen LogP contribution in [0, 0.1) is 34.3 Å². The molecule has 0 saturated carbocycles. The molecule has 2 heterocycles. The Morgan fingerprint density at radius 3 is 1.56 bits per heavy atom. The monoisotopic (exact) mass is 1000 g/mol. The van der Waals surface area contributed by atoms with E-state index in [2.05, 4.69) is 10.6 Å². The molecule has 4 rings (SSSR count). The zero-order valence-electron chi connectivity index (χ0n) is 45.6. The van der Waals surface area contributed by atoms with Gasteiger partial charge in [-0.2, -0.15) is 0 Å². The Balaban J connectivity index is 1.33. The van der Waals surface area contributed by atoms with Crippen molar-refractivity contribution in [1.82, 2.24) is 30.2 Å². The molecular weight excluding hydrogens is 915 g/mol. The fraction of sp³-hybridized carbons (Fsp3) is 0.690. The maximum absolute atomic E-state index is 14.3. The number of amides is 5. The number of ketones is 1. The van der Waals surface area contributed by atoms with Crippen LogP contribution in [-0.2, 0) is 41.6 Å². The quantitative estimate of drug-likeness (QED) is 0.0811. The third-order valence-corrected chi connectivity index (χ3v) is 15.2. The van der Waals surface area contributed by atoms with Crippen molar-refractivity contribution in [3.63, 3.8) is 0 Å².